The number of carbonyl (C=O) groups is 1. The van der Waals surface area contributed by atoms with Crippen molar-refractivity contribution in [3.8, 4) is 0 Å². The van der Waals surface area contributed by atoms with E-state index in [1.807, 2.05) is 0 Å². The fraction of sp³-hybridized carbons (Fsp3) is 0.462. The van der Waals surface area contributed by atoms with Crippen LogP contribution in [-0.4, -0.2) is 49.0 Å². The molecule has 108 valence electrons. The Labute approximate surface area is 117 Å². The first kappa shape index (κ1) is 14.3. The Morgan fingerprint density at radius 1 is 1.50 bits per heavy atom. The van der Waals surface area contributed by atoms with Gasteiger partial charge in [-0.3, -0.25) is 14.9 Å². The molecule has 0 saturated carbocycles. The monoisotopic (exact) mass is 278 g/mol. The second-order valence-electron chi connectivity index (χ2n) is 5.02. The summed E-state index contributed by atoms with van der Waals surface area (Å²) in [7, 11) is 3.23. The maximum Gasteiger partial charge on any atom is 0.293 e. The van der Waals surface area contributed by atoms with E-state index in [9.17, 15) is 14.9 Å². The first-order chi connectivity index (χ1) is 9.49. The number of amides is 1. The number of nitrogens with one attached hydrogen (secondary N) is 2. The van der Waals surface area contributed by atoms with Crippen LogP contribution in [0, 0.1) is 10.1 Å². The van der Waals surface area contributed by atoms with Crippen LogP contribution in [0.25, 0.3) is 0 Å². The Morgan fingerprint density at radius 2 is 2.25 bits per heavy atom. The molecule has 2 N–H and O–H groups in total. The molecule has 0 radical (unpaired) electrons. The molecule has 1 amide bonds. The number of benzene rings is 1. The van der Waals surface area contributed by atoms with E-state index in [2.05, 4.69) is 10.6 Å². The first-order valence-corrected chi connectivity index (χ1v) is 6.46. The van der Waals surface area contributed by atoms with Crippen molar-refractivity contribution in [1.82, 2.24) is 10.2 Å². The summed E-state index contributed by atoms with van der Waals surface area (Å²) in [5, 5.41) is 17.5. The van der Waals surface area contributed by atoms with Crippen LogP contribution in [0.3, 0.4) is 0 Å². The molecule has 7 nitrogen and oxygen atoms in total. The lowest BCUT2D eigenvalue weighted by Gasteiger charge is -2.14. The molecule has 1 saturated heterocycles. The van der Waals surface area contributed by atoms with Crippen LogP contribution in [0.2, 0.25) is 0 Å². The third-order valence-corrected chi connectivity index (χ3v) is 3.27. The van der Waals surface area contributed by atoms with Crippen molar-refractivity contribution in [2.75, 3.05) is 32.5 Å². The van der Waals surface area contributed by atoms with Gasteiger partial charge in [-0.2, -0.15) is 0 Å². The van der Waals surface area contributed by atoms with E-state index < -0.39 is 4.92 Å². The van der Waals surface area contributed by atoms with Crippen molar-refractivity contribution < 1.29 is 9.72 Å². The van der Waals surface area contributed by atoms with Gasteiger partial charge in [0, 0.05) is 38.3 Å². The molecule has 1 atom stereocenters. The second-order valence-corrected chi connectivity index (χ2v) is 5.02. The van der Waals surface area contributed by atoms with Gasteiger partial charge in [0.2, 0.25) is 0 Å². The fourth-order valence-electron chi connectivity index (χ4n) is 2.19. The molecule has 1 aliphatic heterocycles. The van der Waals surface area contributed by atoms with E-state index in [-0.39, 0.29) is 17.6 Å². The van der Waals surface area contributed by atoms with E-state index in [0.29, 0.717) is 11.3 Å². The van der Waals surface area contributed by atoms with Gasteiger partial charge in [0.1, 0.15) is 5.69 Å². The van der Waals surface area contributed by atoms with Crippen LogP contribution in [0.15, 0.2) is 18.2 Å². The van der Waals surface area contributed by atoms with E-state index in [4.69, 9.17) is 0 Å². The van der Waals surface area contributed by atoms with Crippen LogP contribution in [0.1, 0.15) is 16.8 Å². The molecule has 0 aliphatic carbocycles. The third-order valence-electron chi connectivity index (χ3n) is 3.27. The molecule has 1 heterocycles. The molecule has 1 aromatic rings. The summed E-state index contributed by atoms with van der Waals surface area (Å²) in [6.07, 6.45) is 0.926. The zero-order valence-electron chi connectivity index (χ0n) is 11.5. The van der Waals surface area contributed by atoms with Gasteiger partial charge in [0.25, 0.3) is 11.6 Å². The Balaban J connectivity index is 2.28. The van der Waals surface area contributed by atoms with Crippen molar-refractivity contribution in [1.29, 1.82) is 0 Å². The summed E-state index contributed by atoms with van der Waals surface area (Å²) < 4.78 is 0. The van der Waals surface area contributed by atoms with Gasteiger partial charge in [-0.05, 0) is 25.1 Å². The lowest BCUT2D eigenvalue weighted by atomic mass is 10.1. The molecule has 0 bridgehead atoms. The first-order valence-electron chi connectivity index (χ1n) is 6.46. The van der Waals surface area contributed by atoms with Crippen LogP contribution < -0.4 is 10.6 Å². The van der Waals surface area contributed by atoms with Crippen molar-refractivity contribution in [2.45, 2.75) is 12.5 Å². The highest BCUT2D eigenvalue weighted by molar-refractivity contribution is 5.95. The molecule has 0 spiro atoms. The van der Waals surface area contributed by atoms with Crippen LogP contribution in [0.5, 0.6) is 0 Å². The molecule has 0 aromatic heterocycles. The topological polar surface area (TPSA) is 87.5 Å². The standard InChI is InChI=1S/C13H18N4O3/c1-16(2)13(18)9-3-4-11(12(7-9)17(19)20)15-10-5-6-14-8-10/h3-4,7,10,14-15H,5-6,8H2,1-2H3. The Kier molecular flexibility index (Phi) is 4.19. The summed E-state index contributed by atoms with van der Waals surface area (Å²) >= 11 is 0. The lowest BCUT2D eigenvalue weighted by molar-refractivity contribution is -0.384. The molecule has 20 heavy (non-hydrogen) atoms. The predicted octanol–water partition coefficient (Wildman–Crippen LogP) is 1.07. The van der Waals surface area contributed by atoms with Gasteiger partial charge < -0.3 is 15.5 Å². The third kappa shape index (κ3) is 3.05. The number of nitro groups is 1. The molecule has 2 rings (SSSR count). The zero-order chi connectivity index (χ0) is 14.7. The molecule has 1 fully saturated rings. The smallest absolute Gasteiger partial charge is 0.293 e. The summed E-state index contributed by atoms with van der Waals surface area (Å²) in [6.45, 7) is 1.69. The van der Waals surface area contributed by atoms with Gasteiger partial charge in [-0.25, -0.2) is 0 Å². The second kappa shape index (κ2) is 5.87. The zero-order valence-corrected chi connectivity index (χ0v) is 11.5. The molecular formula is C13H18N4O3. The highest BCUT2D eigenvalue weighted by Gasteiger charge is 2.22. The number of hydrogen-bond donors (Lipinski definition) is 2. The van der Waals surface area contributed by atoms with Gasteiger partial charge in [0.15, 0.2) is 0 Å². The minimum absolute atomic E-state index is 0.0652. The minimum atomic E-state index is -0.461. The average Bonchev–Trinajstić information content (AvgIpc) is 2.91. The molecule has 1 aliphatic rings. The number of nitrogens with zero attached hydrogens (tertiary/aromatic N) is 2. The molecular weight excluding hydrogens is 260 g/mol. The van der Waals surface area contributed by atoms with Gasteiger partial charge >= 0.3 is 0 Å². The number of nitro benzene ring substituents is 1. The largest absolute Gasteiger partial charge is 0.375 e. The number of rotatable bonds is 4. The maximum atomic E-state index is 11.8. The summed E-state index contributed by atoms with van der Waals surface area (Å²) in [4.78, 5) is 23.9. The van der Waals surface area contributed by atoms with Crippen LogP contribution in [-0.2, 0) is 0 Å². The summed E-state index contributed by atoms with van der Waals surface area (Å²) in [5.41, 5.74) is 0.709. The number of hydrogen-bond acceptors (Lipinski definition) is 5. The predicted molar refractivity (Wildman–Crippen MR) is 76.0 cm³/mol. The minimum Gasteiger partial charge on any atom is -0.375 e. The SMILES string of the molecule is CN(C)C(=O)c1ccc(NC2CCNC2)c([N+](=O)[O-])c1. The molecule has 1 unspecified atom stereocenters. The van der Waals surface area contributed by atoms with Crippen molar-refractivity contribution in [3.05, 3.63) is 33.9 Å². The quantitative estimate of drug-likeness (QED) is 0.635. The van der Waals surface area contributed by atoms with Crippen LogP contribution in [0.4, 0.5) is 11.4 Å². The van der Waals surface area contributed by atoms with Crippen molar-refractivity contribution in [3.63, 3.8) is 0 Å². The summed E-state index contributed by atoms with van der Waals surface area (Å²) in [6, 6.07) is 4.73. The van der Waals surface area contributed by atoms with E-state index in [1.165, 1.54) is 11.0 Å². The average molecular weight is 278 g/mol. The fourth-order valence-corrected chi connectivity index (χ4v) is 2.19. The lowest BCUT2D eigenvalue weighted by Crippen LogP contribution is -2.24. The molecule has 1 aromatic carbocycles. The highest BCUT2D eigenvalue weighted by Crippen LogP contribution is 2.27. The van der Waals surface area contributed by atoms with E-state index in [1.54, 1.807) is 26.2 Å². The van der Waals surface area contributed by atoms with Gasteiger partial charge in [0.05, 0.1) is 4.92 Å². The normalized spacial score (nSPS) is 17.8. The van der Waals surface area contributed by atoms with Crippen molar-refractivity contribution >= 4 is 17.3 Å². The maximum absolute atomic E-state index is 11.8. The number of anilines is 1. The molecule has 7 heteroatoms. The van der Waals surface area contributed by atoms with Gasteiger partial charge in [-0.1, -0.05) is 0 Å². The van der Waals surface area contributed by atoms with E-state index in [0.717, 1.165) is 19.5 Å². The van der Waals surface area contributed by atoms with E-state index >= 15 is 0 Å². The summed E-state index contributed by atoms with van der Waals surface area (Å²) in [5.74, 6) is -0.248. The Bertz CT molecular complexity index is 524. The van der Waals surface area contributed by atoms with Gasteiger partial charge in [-0.15, -0.1) is 0 Å². The Hall–Kier alpha value is -2.15. The highest BCUT2D eigenvalue weighted by atomic mass is 16.6. The van der Waals surface area contributed by atoms with Crippen LogP contribution >= 0.6 is 0 Å². The van der Waals surface area contributed by atoms with Crippen molar-refractivity contribution in [2.24, 2.45) is 0 Å². The Morgan fingerprint density at radius 3 is 2.80 bits per heavy atom. The number of carbonyl (C=O) groups excluding carboxylic acids is 1.